The molecule has 6 nitrogen and oxygen atoms in total. The normalized spacial score (nSPS) is 23.5. The summed E-state index contributed by atoms with van der Waals surface area (Å²) < 4.78 is 7.20. The summed E-state index contributed by atoms with van der Waals surface area (Å²) in [6, 6.07) is 9.60. The molecule has 0 aliphatic heterocycles. The number of nitrogens with one attached hydrogen (secondary N) is 1. The highest BCUT2D eigenvalue weighted by Crippen LogP contribution is 2.34. The molecule has 24 heavy (non-hydrogen) atoms. The van der Waals surface area contributed by atoms with Crippen LogP contribution in [0, 0.1) is 12.8 Å². The summed E-state index contributed by atoms with van der Waals surface area (Å²) in [5.74, 6) is 0.188. The summed E-state index contributed by atoms with van der Waals surface area (Å²) in [4.78, 5) is 25.8. The highest BCUT2D eigenvalue weighted by Gasteiger charge is 2.35. The lowest BCUT2D eigenvalue weighted by Gasteiger charge is -2.17. The summed E-state index contributed by atoms with van der Waals surface area (Å²) in [6.07, 6.45) is 2.16. The van der Waals surface area contributed by atoms with E-state index < -0.39 is 11.8 Å². The lowest BCUT2D eigenvalue weighted by atomic mass is 10.1. The number of hydrogen-bond acceptors (Lipinski definition) is 4. The van der Waals surface area contributed by atoms with Crippen LogP contribution in [0.25, 0.3) is 0 Å². The average Bonchev–Trinajstić information content (AvgIpc) is 2.92. The van der Waals surface area contributed by atoms with E-state index >= 15 is 0 Å². The Kier molecular flexibility index (Phi) is 4.97. The molecule has 1 heterocycles. The third kappa shape index (κ3) is 3.66. The molecule has 1 fully saturated rings. The van der Waals surface area contributed by atoms with E-state index in [4.69, 9.17) is 4.74 Å². The number of benzene rings is 1. The largest absolute Gasteiger partial charge is 0.391 e. The molecular formula is C18H22N2O4. The Morgan fingerprint density at radius 3 is 2.75 bits per heavy atom. The van der Waals surface area contributed by atoms with Crippen molar-refractivity contribution in [3.8, 4) is 0 Å². The van der Waals surface area contributed by atoms with Crippen LogP contribution >= 0.6 is 0 Å². The molecule has 0 unspecified atom stereocenters. The number of aromatic amines is 1. The van der Waals surface area contributed by atoms with Crippen molar-refractivity contribution in [1.29, 1.82) is 0 Å². The number of aryl methyl sites for hydroxylation is 1. The topological polar surface area (TPSA) is 84.3 Å². The number of ether oxygens (including phenoxy) is 1. The molecule has 2 N–H and O–H groups in total. The van der Waals surface area contributed by atoms with Crippen molar-refractivity contribution < 1.29 is 9.84 Å². The highest BCUT2D eigenvalue weighted by molar-refractivity contribution is 5.13. The molecule has 1 aliphatic carbocycles. The second kappa shape index (κ2) is 7.15. The van der Waals surface area contributed by atoms with Gasteiger partial charge in [0.1, 0.15) is 0 Å². The molecule has 2 aromatic rings. The minimum atomic E-state index is -0.613. The summed E-state index contributed by atoms with van der Waals surface area (Å²) >= 11 is 0. The van der Waals surface area contributed by atoms with Gasteiger partial charge in [-0.25, -0.2) is 4.79 Å². The van der Waals surface area contributed by atoms with E-state index in [9.17, 15) is 14.7 Å². The maximum atomic E-state index is 12.0. The standard InChI is InChI=1S/C18H22N2O4/c1-12-9-20(18(23)19-17(12)22)15-7-14(8-16(15)21)11-24-10-13-5-3-2-4-6-13/h2-6,9,14-16,21H,7-8,10-11H2,1H3,(H,19,22,23)/t14-,15+,16-/m0/s1. The molecule has 0 radical (unpaired) electrons. The van der Waals surface area contributed by atoms with Crippen LogP contribution in [-0.4, -0.2) is 27.4 Å². The second-order valence-corrected chi connectivity index (χ2v) is 6.45. The fourth-order valence-corrected chi connectivity index (χ4v) is 3.28. The van der Waals surface area contributed by atoms with Crippen LogP contribution in [0.3, 0.4) is 0 Å². The molecule has 1 aliphatic rings. The number of rotatable bonds is 5. The first-order valence-electron chi connectivity index (χ1n) is 8.16. The molecular weight excluding hydrogens is 308 g/mol. The van der Waals surface area contributed by atoms with E-state index in [1.807, 2.05) is 30.3 Å². The molecule has 0 bridgehead atoms. The van der Waals surface area contributed by atoms with E-state index in [-0.39, 0.29) is 17.5 Å². The van der Waals surface area contributed by atoms with Gasteiger partial charge in [-0.15, -0.1) is 0 Å². The molecule has 3 rings (SSSR count). The van der Waals surface area contributed by atoms with Crippen molar-refractivity contribution in [3.63, 3.8) is 0 Å². The molecule has 1 aromatic carbocycles. The predicted octanol–water partition coefficient (Wildman–Crippen LogP) is 1.37. The van der Waals surface area contributed by atoms with Gasteiger partial charge < -0.3 is 9.84 Å². The lowest BCUT2D eigenvalue weighted by molar-refractivity contribution is 0.0818. The zero-order valence-corrected chi connectivity index (χ0v) is 13.6. The Hall–Kier alpha value is -2.18. The average molecular weight is 330 g/mol. The quantitative estimate of drug-likeness (QED) is 0.867. The summed E-state index contributed by atoms with van der Waals surface area (Å²) in [7, 11) is 0. The van der Waals surface area contributed by atoms with Gasteiger partial charge in [0.25, 0.3) is 5.56 Å². The third-order valence-corrected chi connectivity index (χ3v) is 4.56. The summed E-state index contributed by atoms with van der Waals surface area (Å²) in [5.41, 5.74) is 0.720. The van der Waals surface area contributed by atoms with Crippen molar-refractivity contribution in [1.82, 2.24) is 9.55 Å². The number of aromatic nitrogens is 2. The molecule has 0 amide bonds. The van der Waals surface area contributed by atoms with Crippen molar-refractivity contribution in [2.75, 3.05) is 6.61 Å². The van der Waals surface area contributed by atoms with E-state index in [1.54, 1.807) is 6.92 Å². The van der Waals surface area contributed by atoms with Crippen LogP contribution in [0.15, 0.2) is 46.1 Å². The summed E-state index contributed by atoms with van der Waals surface area (Å²) in [5, 5.41) is 10.3. The number of H-pyrrole nitrogens is 1. The van der Waals surface area contributed by atoms with E-state index in [1.165, 1.54) is 10.8 Å². The molecule has 0 saturated heterocycles. The Balaban J connectivity index is 1.62. The van der Waals surface area contributed by atoms with E-state index in [0.717, 1.165) is 5.56 Å². The van der Waals surface area contributed by atoms with Crippen LogP contribution in [-0.2, 0) is 11.3 Å². The Labute approximate surface area is 139 Å². The monoisotopic (exact) mass is 330 g/mol. The van der Waals surface area contributed by atoms with E-state index in [2.05, 4.69) is 4.98 Å². The fourth-order valence-electron chi connectivity index (χ4n) is 3.28. The van der Waals surface area contributed by atoms with Gasteiger partial charge in [-0.1, -0.05) is 30.3 Å². The molecule has 3 atom stereocenters. The molecule has 1 aromatic heterocycles. The number of hydrogen-bond donors (Lipinski definition) is 2. The number of nitrogens with zero attached hydrogens (tertiary/aromatic N) is 1. The Morgan fingerprint density at radius 2 is 2.00 bits per heavy atom. The van der Waals surface area contributed by atoms with Gasteiger partial charge in [0.15, 0.2) is 0 Å². The fraction of sp³-hybridized carbons (Fsp3) is 0.444. The zero-order chi connectivity index (χ0) is 17.1. The van der Waals surface area contributed by atoms with Crippen LogP contribution in [0.5, 0.6) is 0 Å². The van der Waals surface area contributed by atoms with Gasteiger partial charge in [-0.2, -0.15) is 0 Å². The van der Waals surface area contributed by atoms with Crippen molar-refractivity contribution >= 4 is 0 Å². The summed E-state index contributed by atoms with van der Waals surface area (Å²) in [6.45, 7) is 2.73. The second-order valence-electron chi connectivity index (χ2n) is 6.45. The van der Waals surface area contributed by atoms with Crippen molar-refractivity contribution in [2.24, 2.45) is 5.92 Å². The van der Waals surface area contributed by atoms with Gasteiger partial charge in [-0.3, -0.25) is 14.3 Å². The first-order chi connectivity index (χ1) is 11.5. The first-order valence-corrected chi connectivity index (χ1v) is 8.16. The van der Waals surface area contributed by atoms with Crippen LogP contribution in [0.2, 0.25) is 0 Å². The maximum absolute atomic E-state index is 12.0. The van der Waals surface area contributed by atoms with Gasteiger partial charge in [0, 0.05) is 11.8 Å². The maximum Gasteiger partial charge on any atom is 0.328 e. The third-order valence-electron chi connectivity index (χ3n) is 4.56. The minimum absolute atomic E-state index is 0.188. The van der Waals surface area contributed by atoms with Crippen molar-refractivity contribution in [2.45, 2.75) is 38.5 Å². The van der Waals surface area contributed by atoms with E-state index in [0.29, 0.717) is 31.6 Å². The van der Waals surface area contributed by atoms with Gasteiger partial charge in [-0.05, 0) is 31.2 Å². The predicted molar refractivity (Wildman–Crippen MR) is 89.9 cm³/mol. The minimum Gasteiger partial charge on any atom is -0.391 e. The van der Waals surface area contributed by atoms with Crippen LogP contribution < -0.4 is 11.2 Å². The van der Waals surface area contributed by atoms with Gasteiger partial charge in [0.2, 0.25) is 0 Å². The Morgan fingerprint density at radius 1 is 1.25 bits per heavy atom. The smallest absolute Gasteiger partial charge is 0.328 e. The van der Waals surface area contributed by atoms with Gasteiger partial charge >= 0.3 is 5.69 Å². The van der Waals surface area contributed by atoms with Crippen LogP contribution in [0.1, 0.15) is 30.0 Å². The van der Waals surface area contributed by atoms with Crippen molar-refractivity contribution in [3.05, 3.63) is 68.5 Å². The zero-order valence-electron chi connectivity index (χ0n) is 13.6. The van der Waals surface area contributed by atoms with Gasteiger partial charge in [0.05, 0.1) is 25.4 Å². The molecule has 1 saturated carbocycles. The number of aliphatic hydroxyl groups excluding tert-OH is 1. The molecule has 128 valence electrons. The first kappa shape index (κ1) is 16.7. The van der Waals surface area contributed by atoms with Crippen LogP contribution in [0.4, 0.5) is 0 Å². The lowest BCUT2D eigenvalue weighted by Crippen LogP contribution is -2.35. The molecule has 6 heteroatoms. The molecule has 0 spiro atoms. The Bertz CT molecular complexity index is 797. The number of aliphatic hydroxyl groups is 1. The highest BCUT2D eigenvalue weighted by atomic mass is 16.5. The SMILES string of the molecule is Cc1cn([C@@H]2C[C@H](COCc3ccccc3)C[C@@H]2O)c(=O)[nH]c1=O.